The van der Waals surface area contributed by atoms with Crippen LogP contribution in [0.15, 0.2) is 22.1 Å². The minimum Gasteiger partial charge on any atom is -0.493 e. The standard InChI is InChI=1S/C17H20N6O2S/c1-9(2)7-18-13-6-14(20-11-3-4-11)23-15(21-13)10(8-19-23)5-12-16(24)22-17(25)26-12/h5-6,8-9,11,18,24H,3-4,7H2,1-2H3,(H,22,25)/b10-5+,20-14?. The van der Waals surface area contributed by atoms with Gasteiger partial charge < -0.3 is 10.4 Å². The first kappa shape index (κ1) is 16.8. The number of hydrogen-bond acceptors (Lipinski definition) is 7. The minimum atomic E-state index is -0.304. The zero-order valence-corrected chi connectivity index (χ0v) is 15.4. The van der Waals surface area contributed by atoms with Crippen LogP contribution in [-0.2, 0) is 0 Å². The van der Waals surface area contributed by atoms with Crippen LogP contribution in [0.3, 0.4) is 0 Å². The van der Waals surface area contributed by atoms with Crippen molar-refractivity contribution < 1.29 is 5.11 Å². The summed E-state index contributed by atoms with van der Waals surface area (Å²) in [5.41, 5.74) is 1.40. The zero-order chi connectivity index (χ0) is 18.3. The van der Waals surface area contributed by atoms with Crippen molar-refractivity contribution in [1.82, 2.24) is 19.6 Å². The lowest BCUT2D eigenvalue weighted by Gasteiger charge is -2.08. The molecule has 0 amide bonds. The summed E-state index contributed by atoms with van der Waals surface area (Å²) < 4.78 is 1.71. The van der Waals surface area contributed by atoms with E-state index < -0.39 is 0 Å². The van der Waals surface area contributed by atoms with Crippen molar-refractivity contribution in [2.75, 3.05) is 11.9 Å². The number of anilines is 1. The molecule has 3 aromatic rings. The van der Waals surface area contributed by atoms with E-state index in [1.807, 2.05) is 6.07 Å². The van der Waals surface area contributed by atoms with Crippen LogP contribution in [-0.4, -0.2) is 37.3 Å². The van der Waals surface area contributed by atoms with Crippen LogP contribution < -0.4 is 20.9 Å². The third kappa shape index (κ3) is 3.48. The van der Waals surface area contributed by atoms with E-state index in [-0.39, 0.29) is 10.8 Å². The van der Waals surface area contributed by atoms with Crippen LogP contribution in [0.2, 0.25) is 0 Å². The summed E-state index contributed by atoms with van der Waals surface area (Å²) in [5, 5.41) is 18.3. The Bertz CT molecular complexity index is 1120. The summed E-state index contributed by atoms with van der Waals surface area (Å²) in [6, 6.07) is 2.27. The number of nitrogens with zero attached hydrogens (tertiary/aromatic N) is 4. The van der Waals surface area contributed by atoms with Gasteiger partial charge in [0.15, 0.2) is 11.1 Å². The van der Waals surface area contributed by atoms with Gasteiger partial charge in [0.05, 0.1) is 17.1 Å². The number of nitrogens with one attached hydrogen (secondary N) is 2. The second kappa shape index (κ2) is 6.56. The van der Waals surface area contributed by atoms with Gasteiger partial charge in [-0.2, -0.15) is 9.61 Å². The van der Waals surface area contributed by atoms with Crippen LogP contribution in [0.1, 0.15) is 31.6 Å². The van der Waals surface area contributed by atoms with Crippen molar-refractivity contribution in [2.45, 2.75) is 32.7 Å². The third-order valence-electron chi connectivity index (χ3n) is 3.98. The van der Waals surface area contributed by atoms with Crippen molar-refractivity contribution in [1.29, 1.82) is 0 Å². The van der Waals surface area contributed by atoms with Gasteiger partial charge >= 0.3 is 4.87 Å². The molecule has 3 aromatic heterocycles. The number of thiazole rings is 1. The second-order valence-corrected chi connectivity index (χ2v) is 7.86. The van der Waals surface area contributed by atoms with E-state index in [2.05, 4.69) is 34.2 Å². The molecule has 0 bridgehead atoms. The van der Waals surface area contributed by atoms with E-state index in [1.54, 1.807) is 16.8 Å². The number of hydrogen-bond donors (Lipinski definition) is 3. The summed E-state index contributed by atoms with van der Waals surface area (Å²) in [7, 11) is 0. The van der Waals surface area contributed by atoms with Gasteiger partial charge in [-0.3, -0.25) is 14.8 Å². The van der Waals surface area contributed by atoms with Gasteiger partial charge in [0.25, 0.3) is 0 Å². The molecule has 1 fully saturated rings. The molecule has 0 unspecified atom stereocenters. The first-order valence-electron chi connectivity index (χ1n) is 8.60. The summed E-state index contributed by atoms with van der Waals surface area (Å²) in [4.78, 5) is 23.3. The van der Waals surface area contributed by atoms with E-state index in [1.165, 1.54) is 0 Å². The molecule has 9 heteroatoms. The number of rotatable bonds is 5. The topological polar surface area (TPSA) is 108 Å². The maximum Gasteiger partial charge on any atom is 0.307 e. The molecule has 1 aliphatic carbocycles. The molecule has 136 valence electrons. The summed E-state index contributed by atoms with van der Waals surface area (Å²) in [6.07, 6.45) is 5.58. The molecule has 8 nitrogen and oxygen atoms in total. The molecule has 0 aliphatic heterocycles. The van der Waals surface area contributed by atoms with Gasteiger partial charge in [-0.1, -0.05) is 25.2 Å². The van der Waals surface area contributed by atoms with E-state index in [9.17, 15) is 9.90 Å². The fourth-order valence-corrected chi connectivity index (χ4v) is 3.20. The molecule has 1 aliphatic rings. The average Bonchev–Trinajstić information content (AvgIpc) is 3.22. The Hall–Kier alpha value is -2.68. The van der Waals surface area contributed by atoms with Crippen LogP contribution in [0.5, 0.6) is 5.88 Å². The summed E-state index contributed by atoms with van der Waals surface area (Å²) in [6.45, 7) is 5.07. The zero-order valence-electron chi connectivity index (χ0n) is 14.6. The monoisotopic (exact) mass is 372 g/mol. The van der Waals surface area contributed by atoms with Crippen molar-refractivity contribution in [3.8, 4) is 5.88 Å². The molecule has 3 heterocycles. The Labute approximate surface area is 152 Å². The lowest BCUT2D eigenvalue weighted by Crippen LogP contribution is -2.21. The maximum absolute atomic E-state index is 11.4. The van der Waals surface area contributed by atoms with Crippen LogP contribution >= 0.6 is 11.3 Å². The first-order valence-corrected chi connectivity index (χ1v) is 9.41. The molecular weight excluding hydrogens is 352 g/mol. The van der Waals surface area contributed by atoms with E-state index in [0.717, 1.165) is 47.2 Å². The Morgan fingerprint density at radius 2 is 2.35 bits per heavy atom. The highest BCUT2D eigenvalue weighted by Gasteiger charge is 2.20. The quantitative estimate of drug-likeness (QED) is 0.616. The van der Waals surface area contributed by atoms with Gasteiger partial charge in [0.1, 0.15) is 5.82 Å². The maximum atomic E-state index is 11.4. The molecular formula is C17H20N6O2S. The Morgan fingerprint density at radius 1 is 1.54 bits per heavy atom. The highest BCUT2D eigenvalue weighted by atomic mass is 32.1. The highest BCUT2D eigenvalue weighted by molar-refractivity contribution is 7.10. The normalized spacial score (nSPS) is 16.1. The van der Waals surface area contributed by atoms with Gasteiger partial charge in [-0.15, -0.1) is 0 Å². The van der Waals surface area contributed by atoms with E-state index >= 15 is 0 Å². The van der Waals surface area contributed by atoms with Gasteiger partial charge in [0.2, 0.25) is 5.88 Å². The van der Waals surface area contributed by atoms with Crippen LogP contribution in [0.25, 0.3) is 11.7 Å². The molecule has 1 saturated carbocycles. The van der Waals surface area contributed by atoms with Gasteiger partial charge in [0, 0.05) is 17.8 Å². The average molecular weight is 372 g/mol. The molecule has 0 saturated heterocycles. The molecule has 3 N–H and O–H groups in total. The SMILES string of the molecule is CC(C)CNc1cc(=NC2CC2)n2nc/c(=C\c3sc(=O)[nH]c3O)c2n1. The number of fused-ring (bicyclic) bond motifs is 1. The second-order valence-electron chi connectivity index (χ2n) is 6.84. The summed E-state index contributed by atoms with van der Waals surface area (Å²) >= 11 is 0.944. The van der Waals surface area contributed by atoms with Crippen molar-refractivity contribution in [2.24, 2.45) is 10.9 Å². The Balaban J connectivity index is 1.88. The molecule has 0 atom stereocenters. The van der Waals surface area contributed by atoms with Gasteiger partial charge in [-0.05, 0) is 24.8 Å². The number of aromatic hydroxyl groups is 1. The van der Waals surface area contributed by atoms with Crippen LogP contribution in [0.4, 0.5) is 5.82 Å². The Morgan fingerprint density at radius 3 is 3.00 bits per heavy atom. The fraction of sp³-hybridized carbons (Fsp3) is 0.412. The summed E-state index contributed by atoms with van der Waals surface area (Å²) in [5.74, 6) is 1.09. The van der Waals surface area contributed by atoms with Crippen molar-refractivity contribution >= 4 is 28.9 Å². The number of aromatic amines is 1. The highest BCUT2D eigenvalue weighted by Crippen LogP contribution is 2.22. The number of H-pyrrole nitrogens is 1. The molecule has 4 rings (SSSR count). The van der Waals surface area contributed by atoms with Crippen molar-refractivity contribution in [3.05, 3.63) is 37.5 Å². The van der Waals surface area contributed by atoms with Crippen molar-refractivity contribution in [3.63, 3.8) is 0 Å². The van der Waals surface area contributed by atoms with E-state index in [0.29, 0.717) is 22.5 Å². The van der Waals surface area contributed by atoms with Crippen LogP contribution in [0, 0.1) is 5.92 Å². The molecule has 0 spiro atoms. The minimum absolute atomic E-state index is 0.142. The number of aromatic nitrogens is 4. The molecule has 0 radical (unpaired) electrons. The fourth-order valence-electron chi connectivity index (χ4n) is 2.52. The predicted molar refractivity (Wildman–Crippen MR) is 100 cm³/mol. The molecule has 26 heavy (non-hydrogen) atoms. The Kier molecular flexibility index (Phi) is 4.23. The van der Waals surface area contributed by atoms with Gasteiger partial charge in [-0.25, -0.2) is 4.98 Å². The van der Waals surface area contributed by atoms with E-state index in [4.69, 9.17) is 4.99 Å². The lowest BCUT2D eigenvalue weighted by molar-refractivity contribution is 0.455. The lowest BCUT2D eigenvalue weighted by atomic mass is 10.2. The third-order valence-corrected chi connectivity index (χ3v) is 4.80. The molecule has 0 aromatic carbocycles. The largest absolute Gasteiger partial charge is 0.493 e. The predicted octanol–water partition coefficient (Wildman–Crippen LogP) is 0.863. The first-order chi connectivity index (χ1) is 12.5. The smallest absolute Gasteiger partial charge is 0.307 e.